The van der Waals surface area contributed by atoms with Crippen LogP contribution in [0.1, 0.15) is 20.8 Å². The topological polar surface area (TPSA) is 44.8 Å². The molecule has 0 rings (SSSR count). The molecule has 0 saturated carbocycles. The van der Waals surface area contributed by atoms with Crippen molar-refractivity contribution < 1.29 is 19.0 Å². The summed E-state index contributed by atoms with van der Waals surface area (Å²) >= 11 is 0. The second kappa shape index (κ2) is 7.46. The fourth-order valence-electron chi connectivity index (χ4n) is 0.658. The van der Waals surface area contributed by atoms with E-state index in [0.717, 1.165) is 0 Å². The molecule has 0 unspecified atom stereocenters. The Bertz CT molecular complexity index is 174. The highest BCUT2D eigenvalue weighted by Gasteiger charge is 2.11. The summed E-state index contributed by atoms with van der Waals surface area (Å²) in [4.78, 5) is 11.1. The molecule has 76 valence electrons. The molecular weight excluding hydrogens is 172 g/mol. The molecule has 0 N–H and O–H groups in total. The fourth-order valence-corrected chi connectivity index (χ4v) is 0.658. The van der Waals surface area contributed by atoms with Crippen LogP contribution in [0.25, 0.3) is 0 Å². The van der Waals surface area contributed by atoms with Gasteiger partial charge in [0, 0.05) is 0 Å². The molecular formula is C9H16O4. The highest BCUT2D eigenvalue weighted by atomic mass is 16.6. The summed E-state index contributed by atoms with van der Waals surface area (Å²) < 4.78 is 14.7. The Morgan fingerprint density at radius 1 is 1.08 bits per heavy atom. The van der Waals surface area contributed by atoms with Gasteiger partial charge in [-0.3, -0.25) is 0 Å². The predicted molar refractivity (Wildman–Crippen MR) is 48.0 cm³/mol. The number of rotatable bonds is 6. The normalized spacial score (nSPS) is 10.8. The van der Waals surface area contributed by atoms with Crippen molar-refractivity contribution in [2.75, 3.05) is 19.8 Å². The van der Waals surface area contributed by atoms with Crippen molar-refractivity contribution in [3.8, 4) is 0 Å². The van der Waals surface area contributed by atoms with Gasteiger partial charge in [-0.15, -0.1) is 0 Å². The van der Waals surface area contributed by atoms with Crippen LogP contribution in [-0.2, 0) is 19.0 Å². The molecule has 0 bridgehead atoms. The van der Waals surface area contributed by atoms with E-state index in [4.69, 9.17) is 14.2 Å². The van der Waals surface area contributed by atoms with Crippen LogP contribution in [0, 0.1) is 0 Å². The van der Waals surface area contributed by atoms with Gasteiger partial charge in [-0.2, -0.15) is 0 Å². The lowest BCUT2D eigenvalue weighted by Gasteiger charge is -2.06. The van der Waals surface area contributed by atoms with E-state index in [2.05, 4.69) is 0 Å². The lowest BCUT2D eigenvalue weighted by atomic mass is 10.5. The highest BCUT2D eigenvalue weighted by Crippen LogP contribution is 2.01. The minimum absolute atomic E-state index is 0.117. The number of esters is 1. The predicted octanol–water partition coefficient (Wildman–Crippen LogP) is 1.46. The number of hydrogen-bond donors (Lipinski definition) is 0. The van der Waals surface area contributed by atoms with E-state index in [1.807, 2.05) is 6.92 Å². The van der Waals surface area contributed by atoms with Gasteiger partial charge in [0.1, 0.15) is 6.26 Å². The summed E-state index contributed by atoms with van der Waals surface area (Å²) in [6.45, 7) is 6.59. The number of carbonyl (C=O) groups excluding carboxylic acids is 1. The van der Waals surface area contributed by atoms with Crippen molar-refractivity contribution in [3.05, 3.63) is 12.0 Å². The molecule has 0 aromatic carbocycles. The number of hydrogen-bond acceptors (Lipinski definition) is 4. The van der Waals surface area contributed by atoms with Crippen LogP contribution < -0.4 is 0 Å². The van der Waals surface area contributed by atoms with Gasteiger partial charge in [-0.1, -0.05) is 0 Å². The Balaban J connectivity index is 4.13. The monoisotopic (exact) mass is 188 g/mol. The minimum Gasteiger partial charge on any atom is -0.497 e. The average Bonchev–Trinajstić information content (AvgIpc) is 2.12. The summed E-state index contributed by atoms with van der Waals surface area (Å²) in [5.74, 6) is -0.371. The lowest BCUT2D eigenvalue weighted by Crippen LogP contribution is -2.11. The smallest absolute Gasteiger partial charge is 0.376 e. The van der Waals surface area contributed by atoms with Gasteiger partial charge in [-0.05, 0) is 20.8 Å². The zero-order chi connectivity index (χ0) is 10.1. The van der Waals surface area contributed by atoms with E-state index in [9.17, 15) is 4.79 Å². The molecule has 0 atom stereocenters. The SMILES string of the molecule is CCOC=C(OCC)C(=O)OCC. The van der Waals surface area contributed by atoms with E-state index in [0.29, 0.717) is 19.8 Å². The summed E-state index contributed by atoms with van der Waals surface area (Å²) in [5.41, 5.74) is 0. The maximum Gasteiger partial charge on any atom is 0.376 e. The summed E-state index contributed by atoms with van der Waals surface area (Å²) in [5, 5.41) is 0. The highest BCUT2D eigenvalue weighted by molar-refractivity contribution is 5.85. The average molecular weight is 188 g/mol. The van der Waals surface area contributed by atoms with Crippen LogP contribution in [0.3, 0.4) is 0 Å². The van der Waals surface area contributed by atoms with Gasteiger partial charge in [0.15, 0.2) is 0 Å². The van der Waals surface area contributed by atoms with Crippen molar-refractivity contribution in [1.29, 1.82) is 0 Å². The largest absolute Gasteiger partial charge is 0.497 e. The standard InChI is InChI=1S/C9H16O4/c1-4-11-7-8(12-5-2)9(10)13-6-3/h7H,4-6H2,1-3H3. The molecule has 0 radical (unpaired) electrons. The van der Waals surface area contributed by atoms with Gasteiger partial charge < -0.3 is 14.2 Å². The molecule has 0 aliphatic rings. The van der Waals surface area contributed by atoms with Crippen LogP contribution in [0.4, 0.5) is 0 Å². The molecule has 0 aromatic rings. The summed E-state index contributed by atoms with van der Waals surface area (Å²) in [7, 11) is 0. The van der Waals surface area contributed by atoms with Gasteiger partial charge in [-0.25, -0.2) is 4.79 Å². The van der Waals surface area contributed by atoms with Gasteiger partial charge >= 0.3 is 5.97 Å². The van der Waals surface area contributed by atoms with Crippen LogP contribution >= 0.6 is 0 Å². The van der Waals surface area contributed by atoms with Crippen LogP contribution in [-0.4, -0.2) is 25.8 Å². The molecule has 0 spiro atoms. The fraction of sp³-hybridized carbons (Fsp3) is 0.667. The van der Waals surface area contributed by atoms with E-state index < -0.39 is 5.97 Å². The Hall–Kier alpha value is -1.19. The molecule has 0 saturated heterocycles. The molecule has 0 fully saturated rings. The Kier molecular flexibility index (Phi) is 6.78. The summed E-state index contributed by atoms with van der Waals surface area (Å²) in [6, 6.07) is 0. The zero-order valence-corrected chi connectivity index (χ0v) is 8.33. The second-order valence-corrected chi connectivity index (χ2v) is 2.09. The Morgan fingerprint density at radius 3 is 2.15 bits per heavy atom. The quantitative estimate of drug-likeness (QED) is 0.359. The molecule has 4 nitrogen and oxygen atoms in total. The van der Waals surface area contributed by atoms with Gasteiger partial charge in [0.05, 0.1) is 19.8 Å². The molecule has 0 aliphatic heterocycles. The molecule has 0 amide bonds. The van der Waals surface area contributed by atoms with E-state index in [1.165, 1.54) is 6.26 Å². The molecule has 0 aliphatic carbocycles. The number of ether oxygens (including phenoxy) is 3. The molecule has 13 heavy (non-hydrogen) atoms. The number of carbonyl (C=O) groups is 1. The minimum atomic E-state index is -0.488. The maximum absolute atomic E-state index is 11.1. The lowest BCUT2D eigenvalue weighted by molar-refractivity contribution is -0.142. The first-order valence-electron chi connectivity index (χ1n) is 4.37. The first kappa shape index (κ1) is 11.8. The summed E-state index contributed by atoms with van der Waals surface area (Å²) in [6.07, 6.45) is 1.28. The Morgan fingerprint density at radius 2 is 1.69 bits per heavy atom. The third-order valence-electron chi connectivity index (χ3n) is 1.13. The van der Waals surface area contributed by atoms with Crippen molar-refractivity contribution in [3.63, 3.8) is 0 Å². The van der Waals surface area contributed by atoms with Crippen molar-refractivity contribution >= 4 is 5.97 Å². The zero-order valence-electron chi connectivity index (χ0n) is 8.33. The second-order valence-electron chi connectivity index (χ2n) is 2.09. The first-order valence-corrected chi connectivity index (χ1v) is 4.37. The van der Waals surface area contributed by atoms with E-state index in [-0.39, 0.29) is 5.76 Å². The van der Waals surface area contributed by atoms with Crippen LogP contribution in [0.2, 0.25) is 0 Å². The van der Waals surface area contributed by atoms with E-state index >= 15 is 0 Å². The van der Waals surface area contributed by atoms with Gasteiger partial charge in [0.2, 0.25) is 5.76 Å². The Labute approximate surface area is 78.5 Å². The molecule has 0 heterocycles. The van der Waals surface area contributed by atoms with E-state index in [1.54, 1.807) is 13.8 Å². The molecule has 0 aromatic heterocycles. The maximum atomic E-state index is 11.1. The van der Waals surface area contributed by atoms with Crippen molar-refractivity contribution in [1.82, 2.24) is 0 Å². The van der Waals surface area contributed by atoms with Gasteiger partial charge in [0.25, 0.3) is 0 Å². The van der Waals surface area contributed by atoms with Crippen LogP contribution in [0.5, 0.6) is 0 Å². The molecule has 4 heteroatoms. The van der Waals surface area contributed by atoms with Crippen LogP contribution in [0.15, 0.2) is 12.0 Å². The van der Waals surface area contributed by atoms with Crippen molar-refractivity contribution in [2.45, 2.75) is 20.8 Å². The third-order valence-corrected chi connectivity index (χ3v) is 1.13. The van der Waals surface area contributed by atoms with Crippen molar-refractivity contribution in [2.24, 2.45) is 0 Å². The first-order chi connectivity index (χ1) is 6.26. The third kappa shape index (κ3) is 5.11.